The number of hydrogen-bond donors (Lipinski definition) is 0. The molecule has 4 nitrogen and oxygen atoms in total. The van der Waals surface area contributed by atoms with Gasteiger partial charge >= 0.3 is 0 Å². The van der Waals surface area contributed by atoms with Crippen LogP contribution < -0.4 is 4.90 Å². The van der Waals surface area contributed by atoms with Crippen molar-refractivity contribution in [2.45, 2.75) is 49.2 Å². The molecule has 1 fully saturated rings. The van der Waals surface area contributed by atoms with Gasteiger partial charge in [-0.2, -0.15) is 0 Å². The average molecular weight is 409 g/mol. The molecule has 0 unspecified atom stereocenters. The second-order valence-electron chi connectivity index (χ2n) is 8.86. The number of benzene rings is 2. The predicted octanol–water partition coefficient (Wildman–Crippen LogP) is 4.98. The number of sulfone groups is 1. The predicted molar refractivity (Wildman–Crippen MR) is 119 cm³/mol. The Hall–Kier alpha value is -2.40. The van der Waals surface area contributed by atoms with Gasteiger partial charge in [-0.1, -0.05) is 57.2 Å². The van der Waals surface area contributed by atoms with Crippen LogP contribution in [0.2, 0.25) is 0 Å². The van der Waals surface area contributed by atoms with Crippen LogP contribution in [0.3, 0.4) is 0 Å². The average Bonchev–Trinajstić information content (AvgIpc) is 2.73. The zero-order valence-corrected chi connectivity index (χ0v) is 18.1. The third-order valence-corrected chi connectivity index (χ3v) is 8.16. The van der Waals surface area contributed by atoms with Crippen LogP contribution in [0.5, 0.6) is 0 Å². The molecule has 1 aromatic heterocycles. The van der Waals surface area contributed by atoms with E-state index in [0.717, 1.165) is 22.2 Å². The largest absolute Gasteiger partial charge is 0.356 e. The van der Waals surface area contributed by atoms with Crippen LogP contribution in [0.1, 0.15) is 39.2 Å². The molecule has 3 aromatic rings. The fourth-order valence-corrected chi connectivity index (χ4v) is 5.80. The summed E-state index contributed by atoms with van der Waals surface area (Å²) in [6.07, 6.45) is 3.07. The van der Waals surface area contributed by atoms with Gasteiger partial charge < -0.3 is 4.90 Å². The molecule has 2 heterocycles. The normalized spacial score (nSPS) is 16.3. The molecule has 0 saturated carbocycles. The smallest absolute Gasteiger partial charge is 0.181 e. The Labute approximate surface area is 173 Å². The minimum atomic E-state index is -3.32. The third-order valence-electron chi connectivity index (χ3n) is 5.88. The summed E-state index contributed by atoms with van der Waals surface area (Å²) in [5.74, 6) is 0.952. The summed E-state index contributed by atoms with van der Waals surface area (Å²) in [5, 5.41) is 1.94. The quantitative estimate of drug-likeness (QED) is 0.614. The van der Waals surface area contributed by atoms with Gasteiger partial charge in [-0.15, -0.1) is 0 Å². The van der Waals surface area contributed by atoms with Gasteiger partial charge in [-0.3, -0.25) is 0 Å². The molecular formula is C24H28N2O2S. The van der Waals surface area contributed by atoms with Crippen LogP contribution in [0.25, 0.3) is 10.8 Å². The molecule has 152 valence electrons. The highest BCUT2D eigenvalue weighted by molar-refractivity contribution is 7.92. The second-order valence-corrected chi connectivity index (χ2v) is 11.1. The first-order valence-electron chi connectivity index (χ1n) is 10.2. The van der Waals surface area contributed by atoms with E-state index in [0.29, 0.717) is 30.8 Å². The van der Waals surface area contributed by atoms with Gasteiger partial charge in [0.25, 0.3) is 0 Å². The van der Waals surface area contributed by atoms with E-state index in [1.807, 2.05) is 36.5 Å². The number of nitrogens with zero attached hydrogens (tertiary/aromatic N) is 2. The van der Waals surface area contributed by atoms with Crippen molar-refractivity contribution in [1.82, 2.24) is 4.98 Å². The lowest BCUT2D eigenvalue weighted by molar-refractivity contribution is 0.528. The van der Waals surface area contributed by atoms with Gasteiger partial charge in [0.05, 0.1) is 10.1 Å². The van der Waals surface area contributed by atoms with Crippen LogP contribution in [0, 0.1) is 0 Å². The summed E-state index contributed by atoms with van der Waals surface area (Å²) in [6, 6.07) is 17.7. The number of rotatable bonds is 3. The standard InChI is InChI=1S/C24H28N2O2S/c1-24(2,3)19-8-10-20(11-9-19)29(27,28)21-13-16-26(17-14-21)23-22-7-5-4-6-18(22)12-15-25-23/h4-12,15,21H,13-14,16-17H2,1-3H3. The van der Waals surface area contributed by atoms with Crippen molar-refractivity contribution in [1.29, 1.82) is 0 Å². The number of pyridine rings is 1. The number of hydrogen-bond acceptors (Lipinski definition) is 4. The molecule has 29 heavy (non-hydrogen) atoms. The minimum Gasteiger partial charge on any atom is -0.356 e. The lowest BCUT2D eigenvalue weighted by Crippen LogP contribution is -2.39. The van der Waals surface area contributed by atoms with Gasteiger partial charge in [0.1, 0.15) is 5.82 Å². The summed E-state index contributed by atoms with van der Waals surface area (Å²) >= 11 is 0. The van der Waals surface area contributed by atoms with Crippen molar-refractivity contribution in [2.24, 2.45) is 0 Å². The second kappa shape index (κ2) is 7.45. The maximum atomic E-state index is 13.2. The zero-order chi connectivity index (χ0) is 20.6. The molecule has 1 aliphatic rings. The van der Waals surface area contributed by atoms with Crippen molar-refractivity contribution in [3.05, 3.63) is 66.4 Å². The monoisotopic (exact) mass is 408 g/mol. The Kier molecular flexibility index (Phi) is 5.11. The van der Waals surface area contributed by atoms with E-state index in [9.17, 15) is 8.42 Å². The van der Waals surface area contributed by atoms with Crippen LogP contribution >= 0.6 is 0 Å². The Bertz CT molecular complexity index is 1100. The first kappa shape index (κ1) is 19.9. The van der Waals surface area contributed by atoms with E-state index in [1.54, 1.807) is 12.1 Å². The number of fused-ring (bicyclic) bond motifs is 1. The Morgan fingerprint density at radius 3 is 2.24 bits per heavy atom. The summed E-state index contributed by atoms with van der Waals surface area (Å²) in [5.41, 5.74) is 1.16. The molecular weight excluding hydrogens is 380 g/mol. The number of aromatic nitrogens is 1. The van der Waals surface area contributed by atoms with Gasteiger partial charge in [-0.25, -0.2) is 13.4 Å². The van der Waals surface area contributed by atoms with E-state index >= 15 is 0 Å². The van der Waals surface area contributed by atoms with Crippen molar-refractivity contribution < 1.29 is 8.42 Å². The van der Waals surface area contributed by atoms with E-state index in [4.69, 9.17) is 0 Å². The molecule has 5 heteroatoms. The van der Waals surface area contributed by atoms with Crippen molar-refractivity contribution >= 4 is 26.4 Å². The highest BCUT2D eigenvalue weighted by Gasteiger charge is 2.32. The van der Waals surface area contributed by atoms with Crippen LogP contribution in [-0.2, 0) is 15.3 Å². The lowest BCUT2D eigenvalue weighted by Gasteiger charge is -2.33. The molecule has 1 saturated heterocycles. The van der Waals surface area contributed by atoms with Crippen molar-refractivity contribution in [3.8, 4) is 0 Å². The summed E-state index contributed by atoms with van der Waals surface area (Å²) < 4.78 is 26.3. The van der Waals surface area contributed by atoms with Gasteiger partial charge in [0.15, 0.2) is 9.84 Å². The molecule has 1 aliphatic heterocycles. The Morgan fingerprint density at radius 2 is 1.59 bits per heavy atom. The van der Waals surface area contributed by atoms with Crippen molar-refractivity contribution in [3.63, 3.8) is 0 Å². The van der Waals surface area contributed by atoms with E-state index in [1.165, 1.54) is 0 Å². The fraction of sp³-hybridized carbons (Fsp3) is 0.375. The van der Waals surface area contributed by atoms with Crippen LogP contribution in [0.4, 0.5) is 5.82 Å². The van der Waals surface area contributed by atoms with E-state index in [2.05, 4.69) is 42.8 Å². The number of piperidine rings is 1. The van der Waals surface area contributed by atoms with Gasteiger partial charge in [0.2, 0.25) is 0 Å². The Morgan fingerprint density at radius 1 is 0.931 bits per heavy atom. The highest BCUT2D eigenvalue weighted by Crippen LogP contribution is 2.31. The molecule has 2 aromatic carbocycles. The van der Waals surface area contributed by atoms with E-state index < -0.39 is 9.84 Å². The summed E-state index contributed by atoms with van der Waals surface area (Å²) in [4.78, 5) is 7.24. The van der Waals surface area contributed by atoms with Gasteiger partial charge in [-0.05, 0) is 47.4 Å². The maximum absolute atomic E-state index is 13.2. The minimum absolute atomic E-state index is 0.0130. The topological polar surface area (TPSA) is 50.3 Å². The highest BCUT2D eigenvalue weighted by atomic mass is 32.2. The van der Waals surface area contributed by atoms with Crippen LogP contribution in [0.15, 0.2) is 65.7 Å². The number of anilines is 1. The van der Waals surface area contributed by atoms with Gasteiger partial charge in [0, 0.05) is 24.7 Å². The molecule has 0 amide bonds. The molecule has 0 N–H and O–H groups in total. The molecule has 0 bridgehead atoms. The fourth-order valence-electron chi connectivity index (χ4n) is 4.07. The summed E-state index contributed by atoms with van der Waals surface area (Å²) in [6.45, 7) is 7.80. The first-order chi connectivity index (χ1) is 13.8. The van der Waals surface area contributed by atoms with E-state index in [-0.39, 0.29) is 10.7 Å². The molecule has 0 spiro atoms. The maximum Gasteiger partial charge on any atom is 0.181 e. The Balaban J connectivity index is 1.51. The lowest BCUT2D eigenvalue weighted by atomic mass is 9.87. The SMILES string of the molecule is CC(C)(C)c1ccc(S(=O)(=O)C2CCN(c3nccc4ccccc34)CC2)cc1. The summed E-state index contributed by atoms with van der Waals surface area (Å²) in [7, 11) is -3.32. The zero-order valence-electron chi connectivity index (χ0n) is 17.3. The third kappa shape index (κ3) is 3.88. The first-order valence-corrected chi connectivity index (χ1v) is 11.7. The molecule has 4 rings (SSSR count). The molecule has 0 atom stereocenters. The molecule has 0 aliphatic carbocycles. The molecule has 0 radical (unpaired) electrons. The van der Waals surface area contributed by atoms with Crippen LogP contribution in [-0.4, -0.2) is 31.7 Å². The van der Waals surface area contributed by atoms with Crippen molar-refractivity contribution in [2.75, 3.05) is 18.0 Å².